The predicted octanol–water partition coefficient (Wildman–Crippen LogP) is 3.05. The minimum Gasteiger partial charge on any atom is -0.353 e. The lowest BCUT2D eigenvalue weighted by Crippen LogP contribution is -2.44. The van der Waals surface area contributed by atoms with E-state index in [1.165, 1.54) is 19.2 Å². The number of benzene rings is 1. The van der Waals surface area contributed by atoms with E-state index in [1.54, 1.807) is 12.4 Å². The van der Waals surface area contributed by atoms with Crippen LogP contribution in [0.5, 0.6) is 0 Å². The van der Waals surface area contributed by atoms with Gasteiger partial charge in [0, 0.05) is 48.6 Å². The van der Waals surface area contributed by atoms with Gasteiger partial charge < -0.3 is 10.2 Å². The number of amides is 2. The van der Waals surface area contributed by atoms with Crippen molar-refractivity contribution in [3.8, 4) is 11.1 Å². The average Bonchev–Trinajstić information content (AvgIpc) is 3.27. The van der Waals surface area contributed by atoms with Gasteiger partial charge in [-0.15, -0.1) is 0 Å². The lowest BCUT2D eigenvalue weighted by Gasteiger charge is -2.32. The molecule has 1 aliphatic carbocycles. The van der Waals surface area contributed by atoms with Gasteiger partial charge in [0.2, 0.25) is 5.91 Å². The summed E-state index contributed by atoms with van der Waals surface area (Å²) in [4.78, 5) is 35.2. The zero-order valence-corrected chi connectivity index (χ0v) is 16.0. The fraction of sp³-hybridized carbons (Fsp3) is 0.455. The molecule has 2 aromatic rings. The summed E-state index contributed by atoms with van der Waals surface area (Å²) in [6, 6.07) is 7.91. The Morgan fingerprint density at radius 2 is 1.54 bits per heavy atom. The Balaban J connectivity index is 1.31. The van der Waals surface area contributed by atoms with Gasteiger partial charge in [-0.3, -0.25) is 9.59 Å². The molecule has 1 aromatic carbocycles. The van der Waals surface area contributed by atoms with E-state index in [0.717, 1.165) is 36.8 Å². The van der Waals surface area contributed by atoms with Crippen LogP contribution in [0.2, 0.25) is 0 Å². The van der Waals surface area contributed by atoms with Crippen molar-refractivity contribution in [1.82, 2.24) is 20.2 Å². The second-order valence-electron chi connectivity index (χ2n) is 7.76. The average molecular weight is 378 g/mol. The first kappa shape index (κ1) is 18.6. The topological polar surface area (TPSA) is 75.2 Å². The van der Waals surface area contributed by atoms with E-state index >= 15 is 0 Å². The first-order valence-electron chi connectivity index (χ1n) is 10.2. The summed E-state index contributed by atoms with van der Waals surface area (Å²) in [6.45, 7) is 1.27. The second kappa shape index (κ2) is 8.50. The lowest BCUT2D eigenvalue weighted by molar-refractivity contribution is -0.127. The zero-order valence-electron chi connectivity index (χ0n) is 16.0. The summed E-state index contributed by atoms with van der Waals surface area (Å²) >= 11 is 0. The summed E-state index contributed by atoms with van der Waals surface area (Å²) in [5.74, 6) is 0.240. The molecule has 0 spiro atoms. The van der Waals surface area contributed by atoms with Crippen LogP contribution in [0.15, 0.2) is 43.0 Å². The number of likely N-dealkylation sites (tertiary alicyclic amines) is 1. The first-order chi connectivity index (χ1) is 13.7. The smallest absolute Gasteiger partial charge is 0.253 e. The van der Waals surface area contributed by atoms with E-state index in [4.69, 9.17) is 0 Å². The summed E-state index contributed by atoms with van der Waals surface area (Å²) in [5, 5.41) is 3.19. The molecule has 2 amide bonds. The third-order valence-electron chi connectivity index (χ3n) is 5.88. The number of carbonyl (C=O) groups is 2. The Morgan fingerprint density at radius 3 is 2.18 bits per heavy atom. The highest BCUT2D eigenvalue weighted by Crippen LogP contribution is 2.23. The normalized spacial score (nSPS) is 18.2. The van der Waals surface area contributed by atoms with Gasteiger partial charge in [0.15, 0.2) is 0 Å². The number of rotatable bonds is 4. The van der Waals surface area contributed by atoms with Crippen molar-refractivity contribution in [2.24, 2.45) is 5.92 Å². The van der Waals surface area contributed by atoms with E-state index in [1.807, 2.05) is 29.2 Å². The second-order valence-corrected chi connectivity index (χ2v) is 7.76. The molecule has 2 heterocycles. The molecule has 2 aliphatic rings. The summed E-state index contributed by atoms with van der Waals surface area (Å²) in [7, 11) is 0. The molecule has 0 atom stereocenters. The van der Waals surface area contributed by atoms with E-state index in [-0.39, 0.29) is 17.7 Å². The maximum absolute atomic E-state index is 12.8. The third kappa shape index (κ3) is 4.21. The van der Waals surface area contributed by atoms with Gasteiger partial charge in [0.1, 0.15) is 6.33 Å². The van der Waals surface area contributed by atoms with Crippen LogP contribution in [0.3, 0.4) is 0 Å². The van der Waals surface area contributed by atoms with Crippen LogP contribution in [0.1, 0.15) is 48.9 Å². The molecule has 4 rings (SSSR count). The number of nitrogens with one attached hydrogen (secondary N) is 1. The first-order valence-corrected chi connectivity index (χ1v) is 10.2. The van der Waals surface area contributed by atoms with Crippen LogP contribution in [-0.4, -0.2) is 45.8 Å². The Morgan fingerprint density at radius 1 is 0.893 bits per heavy atom. The van der Waals surface area contributed by atoms with Gasteiger partial charge in [0.25, 0.3) is 5.91 Å². The van der Waals surface area contributed by atoms with Gasteiger partial charge >= 0.3 is 0 Å². The van der Waals surface area contributed by atoms with Crippen molar-refractivity contribution < 1.29 is 9.59 Å². The van der Waals surface area contributed by atoms with Crippen molar-refractivity contribution in [2.45, 2.75) is 44.6 Å². The van der Waals surface area contributed by atoms with Crippen molar-refractivity contribution in [3.63, 3.8) is 0 Å². The van der Waals surface area contributed by atoms with Crippen LogP contribution < -0.4 is 5.32 Å². The third-order valence-corrected chi connectivity index (χ3v) is 5.88. The Bertz CT molecular complexity index is 808. The highest BCUT2D eigenvalue weighted by Gasteiger charge is 2.29. The number of hydrogen-bond donors (Lipinski definition) is 1. The largest absolute Gasteiger partial charge is 0.353 e. The van der Waals surface area contributed by atoms with Crippen molar-refractivity contribution in [1.29, 1.82) is 0 Å². The minimum absolute atomic E-state index is 0.0325. The molecule has 2 fully saturated rings. The maximum atomic E-state index is 12.8. The maximum Gasteiger partial charge on any atom is 0.253 e. The highest BCUT2D eigenvalue weighted by molar-refractivity contribution is 5.95. The van der Waals surface area contributed by atoms with Crippen LogP contribution in [0, 0.1) is 5.92 Å². The standard InChI is InChI=1S/C22H26N4O2/c27-21(25-20-3-1-2-4-20)17-9-11-26(12-10-17)22(28)18-7-5-16(6-8-18)19-13-23-15-24-14-19/h5-8,13-15,17,20H,1-4,9-12H2,(H,25,27). The molecule has 1 aliphatic heterocycles. The van der Waals surface area contributed by atoms with E-state index in [9.17, 15) is 9.59 Å². The minimum atomic E-state index is 0.0325. The van der Waals surface area contributed by atoms with Crippen molar-refractivity contribution in [3.05, 3.63) is 48.5 Å². The lowest BCUT2D eigenvalue weighted by atomic mass is 9.95. The molecular weight excluding hydrogens is 352 g/mol. The van der Waals surface area contributed by atoms with Crippen LogP contribution in [-0.2, 0) is 4.79 Å². The zero-order chi connectivity index (χ0) is 19.3. The van der Waals surface area contributed by atoms with Gasteiger partial charge in [0.05, 0.1) is 0 Å². The molecule has 0 bridgehead atoms. The molecule has 1 saturated carbocycles. The Hall–Kier alpha value is -2.76. The molecule has 0 radical (unpaired) electrons. The Kier molecular flexibility index (Phi) is 5.65. The Labute approximate surface area is 165 Å². The SMILES string of the molecule is O=C(NC1CCCC1)C1CCN(C(=O)c2ccc(-c3cncnc3)cc2)CC1. The molecule has 0 unspecified atom stereocenters. The fourth-order valence-corrected chi connectivity index (χ4v) is 4.17. The molecule has 28 heavy (non-hydrogen) atoms. The number of aromatic nitrogens is 2. The van der Waals surface area contributed by atoms with Crippen molar-refractivity contribution >= 4 is 11.8 Å². The predicted molar refractivity (Wildman–Crippen MR) is 106 cm³/mol. The monoisotopic (exact) mass is 378 g/mol. The summed E-state index contributed by atoms with van der Waals surface area (Å²) in [5.41, 5.74) is 2.59. The van der Waals surface area contributed by atoms with Gasteiger partial charge in [-0.2, -0.15) is 0 Å². The number of nitrogens with zero attached hydrogens (tertiary/aromatic N) is 3. The summed E-state index contributed by atoms with van der Waals surface area (Å²) < 4.78 is 0. The molecule has 1 saturated heterocycles. The van der Waals surface area contributed by atoms with Crippen LogP contribution in [0.4, 0.5) is 0 Å². The van der Waals surface area contributed by atoms with Gasteiger partial charge in [-0.05, 0) is 43.4 Å². The number of carbonyl (C=O) groups excluding carboxylic acids is 2. The van der Waals surface area contributed by atoms with E-state index < -0.39 is 0 Å². The van der Waals surface area contributed by atoms with Crippen LogP contribution in [0.25, 0.3) is 11.1 Å². The quantitative estimate of drug-likeness (QED) is 0.887. The van der Waals surface area contributed by atoms with E-state index in [2.05, 4.69) is 15.3 Å². The molecule has 6 heteroatoms. The molecular formula is C22H26N4O2. The number of piperidine rings is 1. The number of hydrogen-bond acceptors (Lipinski definition) is 4. The highest BCUT2D eigenvalue weighted by atomic mass is 16.2. The van der Waals surface area contributed by atoms with E-state index in [0.29, 0.717) is 24.7 Å². The van der Waals surface area contributed by atoms with Crippen molar-refractivity contribution in [2.75, 3.05) is 13.1 Å². The van der Waals surface area contributed by atoms with Crippen LogP contribution >= 0.6 is 0 Å². The molecule has 6 nitrogen and oxygen atoms in total. The van der Waals surface area contributed by atoms with Gasteiger partial charge in [-0.1, -0.05) is 25.0 Å². The fourth-order valence-electron chi connectivity index (χ4n) is 4.17. The summed E-state index contributed by atoms with van der Waals surface area (Å²) in [6.07, 6.45) is 11.1. The molecule has 1 aromatic heterocycles. The molecule has 1 N–H and O–H groups in total. The van der Waals surface area contributed by atoms with Gasteiger partial charge in [-0.25, -0.2) is 9.97 Å². The molecule has 146 valence electrons.